The van der Waals surface area contributed by atoms with Crippen molar-refractivity contribution in [1.82, 2.24) is 15.0 Å². The molecule has 0 unspecified atom stereocenters. The van der Waals surface area contributed by atoms with Gasteiger partial charge in [0.05, 0.1) is 0 Å². The van der Waals surface area contributed by atoms with Crippen LogP contribution < -0.4 is 0 Å². The second-order valence-corrected chi connectivity index (χ2v) is 16.0. The Balaban J connectivity index is 0.978. The number of fused-ring (bicyclic) bond motifs is 6. The van der Waals surface area contributed by atoms with E-state index >= 15 is 0 Å². The summed E-state index contributed by atoms with van der Waals surface area (Å²) < 4.78 is 0. The van der Waals surface area contributed by atoms with E-state index in [0.717, 1.165) is 39.8 Å². The lowest BCUT2D eigenvalue weighted by Gasteiger charge is -2.22. The summed E-state index contributed by atoms with van der Waals surface area (Å²) in [5, 5.41) is 0. The third-order valence-electron chi connectivity index (χ3n) is 12.2. The first-order chi connectivity index (χ1) is 28.5. The molecule has 3 heteroatoms. The van der Waals surface area contributed by atoms with Gasteiger partial charge in [0, 0.05) is 22.1 Å². The maximum Gasteiger partial charge on any atom is 0.164 e. The van der Waals surface area contributed by atoms with Gasteiger partial charge in [-0.05, 0) is 103 Å². The van der Waals surface area contributed by atoms with Crippen LogP contribution in [-0.2, 0) is 11.8 Å². The normalized spacial score (nSPS) is 13.1. The van der Waals surface area contributed by atoms with E-state index in [0.29, 0.717) is 17.5 Å². The maximum absolute atomic E-state index is 5.14. The van der Waals surface area contributed by atoms with Crippen molar-refractivity contribution in [1.29, 1.82) is 0 Å². The molecule has 58 heavy (non-hydrogen) atoms. The Hall–Kier alpha value is -7.23. The molecule has 0 N–H and O–H groups in total. The minimum Gasteiger partial charge on any atom is -0.208 e. The lowest BCUT2D eigenvalue weighted by Crippen LogP contribution is -2.14. The number of rotatable bonds is 6. The van der Waals surface area contributed by atoms with Crippen molar-refractivity contribution in [3.05, 3.63) is 210 Å². The van der Waals surface area contributed by atoms with Crippen LogP contribution >= 0.6 is 0 Å². The molecule has 0 aliphatic heterocycles. The van der Waals surface area contributed by atoms with Crippen molar-refractivity contribution in [2.45, 2.75) is 25.7 Å². The highest BCUT2D eigenvalue weighted by molar-refractivity contribution is 5.91. The predicted molar refractivity (Wildman–Crippen MR) is 238 cm³/mol. The van der Waals surface area contributed by atoms with Crippen molar-refractivity contribution in [3.8, 4) is 89.8 Å². The zero-order valence-corrected chi connectivity index (χ0v) is 32.4. The van der Waals surface area contributed by atoms with E-state index in [1.165, 1.54) is 61.2 Å². The van der Waals surface area contributed by atoms with Gasteiger partial charge in [-0.3, -0.25) is 0 Å². The molecule has 0 saturated carbocycles. The Morgan fingerprint density at radius 2 is 0.741 bits per heavy atom. The van der Waals surface area contributed by atoms with Gasteiger partial charge in [0.2, 0.25) is 0 Å². The van der Waals surface area contributed by atoms with Gasteiger partial charge in [-0.2, -0.15) is 0 Å². The van der Waals surface area contributed by atoms with E-state index in [1.54, 1.807) is 0 Å². The maximum atomic E-state index is 5.14. The summed E-state index contributed by atoms with van der Waals surface area (Å²) >= 11 is 0. The molecule has 0 amide bonds. The standard InChI is InChI=1S/C55H39N3/c1-55(2)50-28-10-9-23-46(50)47-30-29-39(33-51(47)55)43-25-14-27-45-44-26-13-24-42(48(44)34-49(43)45)38-20-12-22-41(32-38)54-57-52(36-17-7-4-8-18-36)56-53(58-54)40-21-11-19-37(31-40)35-15-5-3-6-16-35/h3-33H,34H2,1-2H3. The molecule has 1 heterocycles. The average Bonchev–Trinajstić information content (AvgIpc) is 3.79. The summed E-state index contributed by atoms with van der Waals surface area (Å²) in [4.78, 5) is 15.3. The number of nitrogens with zero attached hydrogens (tertiary/aromatic N) is 3. The number of aromatic nitrogens is 3. The van der Waals surface area contributed by atoms with Crippen LogP contribution in [0.25, 0.3) is 89.8 Å². The van der Waals surface area contributed by atoms with Gasteiger partial charge < -0.3 is 0 Å². The summed E-state index contributed by atoms with van der Waals surface area (Å²) in [6, 6.07) is 67.3. The van der Waals surface area contributed by atoms with Gasteiger partial charge in [0.25, 0.3) is 0 Å². The lowest BCUT2D eigenvalue weighted by molar-refractivity contribution is 0.660. The van der Waals surface area contributed by atoms with Crippen LogP contribution in [0.2, 0.25) is 0 Å². The molecule has 1 aromatic heterocycles. The minimum atomic E-state index is -0.0472. The van der Waals surface area contributed by atoms with Gasteiger partial charge in [-0.25, -0.2) is 15.0 Å². The van der Waals surface area contributed by atoms with Crippen LogP contribution in [0.5, 0.6) is 0 Å². The fourth-order valence-electron chi connectivity index (χ4n) is 9.29. The highest BCUT2D eigenvalue weighted by atomic mass is 15.0. The van der Waals surface area contributed by atoms with Crippen LogP contribution in [0.1, 0.15) is 36.1 Å². The molecule has 2 aliphatic rings. The molecule has 0 spiro atoms. The summed E-state index contributed by atoms with van der Waals surface area (Å²) in [6.45, 7) is 4.72. The van der Waals surface area contributed by atoms with Crippen LogP contribution in [0.3, 0.4) is 0 Å². The molecule has 9 aromatic rings. The molecule has 0 radical (unpaired) electrons. The smallest absolute Gasteiger partial charge is 0.164 e. The Morgan fingerprint density at radius 3 is 1.40 bits per heavy atom. The molecule has 0 atom stereocenters. The first-order valence-corrected chi connectivity index (χ1v) is 20.1. The highest BCUT2D eigenvalue weighted by Gasteiger charge is 2.35. The topological polar surface area (TPSA) is 38.7 Å². The summed E-state index contributed by atoms with van der Waals surface area (Å²) in [5.41, 5.74) is 20.9. The van der Waals surface area contributed by atoms with Crippen molar-refractivity contribution >= 4 is 0 Å². The Morgan fingerprint density at radius 1 is 0.310 bits per heavy atom. The van der Waals surface area contributed by atoms with Crippen molar-refractivity contribution < 1.29 is 0 Å². The lowest BCUT2D eigenvalue weighted by atomic mass is 9.81. The van der Waals surface area contributed by atoms with Crippen LogP contribution in [-0.4, -0.2) is 15.0 Å². The third-order valence-corrected chi connectivity index (χ3v) is 12.2. The SMILES string of the molecule is CC1(C)c2ccccc2-c2ccc(-c3cccc4c3Cc3c(-c5cccc(-c6nc(-c7ccccc7)nc(-c7cccc(-c8ccccc8)c7)n6)c5)cccc3-4)cc21. The molecule has 3 nitrogen and oxygen atoms in total. The first-order valence-electron chi connectivity index (χ1n) is 20.1. The van der Waals surface area contributed by atoms with Gasteiger partial charge in [0.15, 0.2) is 17.5 Å². The number of benzene rings is 8. The Kier molecular flexibility index (Phi) is 7.90. The molecule has 8 aromatic carbocycles. The fraction of sp³-hybridized carbons (Fsp3) is 0.0727. The largest absolute Gasteiger partial charge is 0.208 e. The molecular weight excluding hydrogens is 703 g/mol. The van der Waals surface area contributed by atoms with E-state index in [1.807, 2.05) is 24.3 Å². The Bertz CT molecular complexity index is 3050. The van der Waals surface area contributed by atoms with E-state index in [-0.39, 0.29) is 5.41 Å². The summed E-state index contributed by atoms with van der Waals surface area (Å²) in [5.74, 6) is 1.95. The van der Waals surface area contributed by atoms with E-state index in [2.05, 4.69) is 178 Å². The summed E-state index contributed by atoms with van der Waals surface area (Å²) in [6.07, 6.45) is 0.869. The second-order valence-electron chi connectivity index (χ2n) is 16.0. The monoisotopic (exact) mass is 741 g/mol. The molecule has 0 saturated heterocycles. The van der Waals surface area contributed by atoms with Crippen LogP contribution in [0.4, 0.5) is 0 Å². The highest BCUT2D eigenvalue weighted by Crippen LogP contribution is 2.51. The fourth-order valence-corrected chi connectivity index (χ4v) is 9.29. The predicted octanol–water partition coefficient (Wildman–Crippen LogP) is 13.8. The summed E-state index contributed by atoms with van der Waals surface area (Å²) in [7, 11) is 0. The van der Waals surface area contributed by atoms with Crippen LogP contribution in [0, 0.1) is 0 Å². The molecule has 0 bridgehead atoms. The molecular formula is C55H39N3. The molecule has 11 rings (SSSR count). The van der Waals surface area contributed by atoms with E-state index in [9.17, 15) is 0 Å². The van der Waals surface area contributed by atoms with Crippen molar-refractivity contribution in [2.75, 3.05) is 0 Å². The van der Waals surface area contributed by atoms with E-state index in [4.69, 9.17) is 15.0 Å². The van der Waals surface area contributed by atoms with Crippen LogP contribution in [0.15, 0.2) is 188 Å². The average molecular weight is 742 g/mol. The van der Waals surface area contributed by atoms with Gasteiger partial charge in [0.1, 0.15) is 0 Å². The molecule has 2 aliphatic carbocycles. The van der Waals surface area contributed by atoms with E-state index < -0.39 is 0 Å². The molecule has 0 fully saturated rings. The first kappa shape index (κ1) is 34.1. The van der Waals surface area contributed by atoms with Gasteiger partial charge in [-0.1, -0.05) is 184 Å². The van der Waals surface area contributed by atoms with Crippen molar-refractivity contribution in [2.24, 2.45) is 0 Å². The number of hydrogen-bond donors (Lipinski definition) is 0. The van der Waals surface area contributed by atoms with Gasteiger partial charge in [-0.15, -0.1) is 0 Å². The molecule has 274 valence electrons. The third kappa shape index (κ3) is 5.62. The zero-order chi connectivity index (χ0) is 38.8. The number of hydrogen-bond acceptors (Lipinski definition) is 3. The zero-order valence-electron chi connectivity index (χ0n) is 32.4. The van der Waals surface area contributed by atoms with Crippen molar-refractivity contribution in [3.63, 3.8) is 0 Å². The van der Waals surface area contributed by atoms with Gasteiger partial charge >= 0.3 is 0 Å². The quantitative estimate of drug-likeness (QED) is 0.170. The second kappa shape index (κ2) is 13.5. The minimum absolute atomic E-state index is 0.0472. The Labute approximate surface area is 339 Å².